The van der Waals surface area contributed by atoms with E-state index >= 15 is 0 Å². The van der Waals surface area contributed by atoms with Crippen molar-refractivity contribution in [3.05, 3.63) is 0 Å². The van der Waals surface area contributed by atoms with Gasteiger partial charge in [0.15, 0.2) is 0 Å². The summed E-state index contributed by atoms with van der Waals surface area (Å²) in [5.41, 5.74) is 0.231. The van der Waals surface area contributed by atoms with Crippen LogP contribution in [0.15, 0.2) is 0 Å². The Balaban J connectivity index is 1.91. The molecule has 1 aliphatic carbocycles. The van der Waals surface area contributed by atoms with E-state index in [1.54, 1.807) is 0 Å². The molecule has 2 saturated heterocycles. The first-order valence-electron chi connectivity index (χ1n) is 12.9. The zero-order chi connectivity index (χ0) is 20.7. The van der Waals surface area contributed by atoms with Crippen molar-refractivity contribution in [2.24, 2.45) is 5.92 Å². The van der Waals surface area contributed by atoms with Crippen LogP contribution in [0.2, 0.25) is 0 Å². The van der Waals surface area contributed by atoms with Crippen molar-refractivity contribution in [2.75, 3.05) is 25.1 Å². The van der Waals surface area contributed by atoms with Gasteiger partial charge < -0.3 is 0 Å². The second-order valence-electron chi connectivity index (χ2n) is 10.6. The Morgan fingerprint density at radius 2 is 1.38 bits per heavy atom. The van der Waals surface area contributed by atoms with Gasteiger partial charge in [-0.25, -0.2) is 10.0 Å². The Labute approximate surface area is 186 Å². The lowest BCUT2D eigenvalue weighted by atomic mass is 9.80. The lowest BCUT2D eigenvalue weighted by molar-refractivity contribution is -0.304. The van der Waals surface area contributed by atoms with Gasteiger partial charge in [0.25, 0.3) is 0 Å². The smallest absolute Gasteiger partial charge is 0.0324 e. The van der Waals surface area contributed by atoms with Gasteiger partial charge in [-0.3, -0.25) is 0 Å². The molecule has 0 amide bonds. The second-order valence-corrected chi connectivity index (χ2v) is 11.6. The predicted octanol–water partition coefficient (Wildman–Crippen LogP) is 6.74. The van der Waals surface area contributed by atoms with Crippen molar-refractivity contribution in [1.29, 1.82) is 0 Å². The van der Waals surface area contributed by atoms with Crippen LogP contribution in [-0.2, 0) is 0 Å². The Morgan fingerprint density at radius 3 is 2.07 bits per heavy atom. The average Bonchev–Trinajstić information content (AvgIpc) is 2.82. The van der Waals surface area contributed by atoms with Crippen LogP contribution >= 0.6 is 11.8 Å². The molecule has 3 atom stereocenters. The fraction of sp³-hybridized carbons (Fsp3) is 1.00. The Hall–Kier alpha value is 0.230. The van der Waals surface area contributed by atoms with Gasteiger partial charge >= 0.3 is 0 Å². The van der Waals surface area contributed by atoms with E-state index in [0.717, 1.165) is 12.0 Å². The largest absolute Gasteiger partial charge is 0.225 e. The first kappa shape index (κ1) is 23.9. The minimum atomic E-state index is 0.231. The number of hydrogen-bond acceptors (Lipinski definition) is 4. The van der Waals surface area contributed by atoms with Crippen LogP contribution in [0.4, 0.5) is 0 Å². The Morgan fingerprint density at radius 1 is 0.793 bits per heavy atom. The van der Waals surface area contributed by atoms with Gasteiger partial charge in [0.05, 0.1) is 0 Å². The summed E-state index contributed by atoms with van der Waals surface area (Å²) in [6, 6.07) is 1.43. The molecule has 29 heavy (non-hydrogen) atoms. The quantitative estimate of drug-likeness (QED) is 0.495. The summed E-state index contributed by atoms with van der Waals surface area (Å²) in [6.07, 6.45) is 22.1. The van der Waals surface area contributed by atoms with E-state index in [9.17, 15) is 0 Å². The van der Waals surface area contributed by atoms with Crippen molar-refractivity contribution >= 4 is 11.8 Å². The van der Waals surface area contributed by atoms with Crippen LogP contribution in [0, 0.1) is 5.92 Å². The molecule has 0 bridgehead atoms. The summed E-state index contributed by atoms with van der Waals surface area (Å²) >= 11 is 2.01. The van der Waals surface area contributed by atoms with Gasteiger partial charge in [-0.2, -0.15) is 16.9 Å². The zero-order valence-electron chi connectivity index (χ0n) is 20.0. The van der Waals surface area contributed by atoms with Crippen LogP contribution in [0.1, 0.15) is 111 Å². The Bertz CT molecular complexity index is 469. The normalized spacial score (nSPS) is 32.5. The third-order valence-electron chi connectivity index (χ3n) is 8.00. The van der Waals surface area contributed by atoms with E-state index in [1.807, 2.05) is 11.8 Å². The highest BCUT2D eigenvalue weighted by Gasteiger charge is 2.48. The summed E-state index contributed by atoms with van der Waals surface area (Å²) in [6.45, 7) is 10.1. The van der Waals surface area contributed by atoms with Crippen LogP contribution in [0.3, 0.4) is 0 Å². The van der Waals surface area contributed by atoms with Gasteiger partial charge in [0.1, 0.15) is 0 Å². The van der Waals surface area contributed by atoms with Crippen LogP contribution in [0.25, 0.3) is 0 Å². The molecule has 2 unspecified atom stereocenters. The number of hydrazine groups is 2. The minimum Gasteiger partial charge on any atom is -0.225 e. The van der Waals surface area contributed by atoms with Crippen molar-refractivity contribution in [2.45, 2.75) is 128 Å². The molecule has 3 aliphatic rings. The number of rotatable bonds is 4. The average molecular weight is 424 g/mol. The molecule has 4 heteroatoms. The topological polar surface area (TPSA) is 9.72 Å². The lowest BCUT2D eigenvalue weighted by Gasteiger charge is -2.61. The van der Waals surface area contributed by atoms with Gasteiger partial charge in [-0.05, 0) is 70.8 Å². The van der Waals surface area contributed by atoms with Crippen LogP contribution in [-0.4, -0.2) is 57.9 Å². The summed E-state index contributed by atoms with van der Waals surface area (Å²) in [5, 5.41) is 8.57. The summed E-state index contributed by atoms with van der Waals surface area (Å²) in [7, 11) is 0. The van der Waals surface area contributed by atoms with E-state index in [1.165, 1.54) is 109 Å². The number of hydrogen-bond donors (Lipinski definition) is 0. The van der Waals surface area contributed by atoms with E-state index in [2.05, 4.69) is 42.2 Å². The van der Waals surface area contributed by atoms with Gasteiger partial charge in [-0.1, -0.05) is 57.8 Å². The maximum Gasteiger partial charge on any atom is 0.0324 e. The van der Waals surface area contributed by atoms with Crippen molar-refractivity contribution < 1.29 is 0 Å². The molecule has 2 heterocycles. The van der Waals surface area contributed by atoms with Crippen molar-refractivity contribution in [1.82, 2.24) is 15.1 Å². The molecule has 0 N–H and O–H groups in total. The maximum absolute atomic E-state index is 2.90. The van der Waals surface area contributed by atoms with E-state index in [0.29, 0.717) is 6.04 Å². The molecule has 170 valence electrons. The van der Waals surface area contributed by atoms with Gasteiger partial charge in [0, 0.05) is 30.7 Å². The number of thioether (sulfide) groups is 1. The first-order chi connectivity index (χ1) is 14.1. The molecule has 0 aromatic heterocycles. The summed E-state index contributed by atoms with van der Waals surface area (Å²) in [5.74, 6) is 2.09. The number of nitrogens with zero attached hydrogens (tertiary/aromatic N) is 3. The predicted molar refractivity (Wildman–Crippen MR) is 129 cm³/mol. The monoisotopic (exact) mass is 423 g/mol. The van der Waals surface area contributed by atoms with Crippen molar-refractivity contribution in [3.63, 3.8) is 0 Å². The first-order valence-corrected chi connectivity index (χ1v) is 14.3. The standard InChI is InChI=1S/C25H49N3S/c1-22-23-16-12-8-5-6-9-13-17-24(23)26-19-14-10-7-11-15-20-27(26)28(22)25(2,3)18-21-29-4/h22-24H,5-21H2,1-4H3/t22-,23?,24?/m1/s1. The fourth-order valence-electron chi connectivity index (χ4n) is 6.37. The third-order valence-corrected chi connectivity index (χ3v) is 8.61. The fourth-order valence-corrected chi connectivity index (χ4v) is 7.07. The van der Waals surface area contributed by atoms with Gasteiger partial charge in [0.2, 0.25) is 0 Å². The minimum absolute atomic E-state index is 0.231. The highest BCUT2D eigenvalue weighted by molar-refractivity contribution is 7.98. The van der Waals surface area contributed by atoms with Gasteiger partial charge in [-0.15, -0.1) is 0 Å². The molecule has 0 spiro atoms. The second kappa shape index (κ2) is 11.7. The summed E-state index contributed by atoms with van der Waals surface area (Å²) < 4.78 is 0. The van der Waals surface area contributed by atoms with Crippen LogP contribution < -0.4 is 0 Å². The van der Waals surface area contributed by atoms with E-state index < -0.39 is 0 Å². The molecule has 3 rings (SSSR count). The maximum atomic E-state index is 2.90. The molecule has 0 aromatic carbocycles. The summed E-state index contributed by atoms with van der Waals surface area (Å²) in [4.78, 5) is 0. The third kappa shape index (κ3) is 6.14. The SMILES string of the molecule is CSCCC(C)(C)N1[C@H](C)C2CCCCCCCCC2N2CCCCCCCN21. The molecule has 2 aliphatic heterocycles. The van der Waals surface area contributed by atoms with E-state index in [4.69, 9.17) is 0 Å². The zero-order valence-corrected chi connectivity index (χ0v) is 20.8. The molecule has 3 fully saturated rings. The molecule has 1 saturated carbocycles. The van der Waals surface area contributed by atoms with E-state index in [-0.39, 0.29) is 5.54 Å². The Kier molecular flexibility index (Phi) is 9.67. The molecule has 0 aromatic rings. The highest BCUT2D eigenvalue weighted by Crippen LogP contribution is 2.41. The molecule has 0 radical (unpaired) electrons. The molecule has 3 nitrogen and oxygen atoms in total. The number of fused-ring (bicyclic) bond motifs is 3. The highest BCUT2D eigenvalue weighted by atomic mass is 32.2. The van der Waals surface area contributed by atoms with Crippen LogP contribution in [0.5, 0.6) is 0 Å². The molecular formula is C25H49N3S. The lowest BCUT2D eigenvalue weighted by Crippen LogP contribution is -2.73. The molecular weight excluding hydrogens is 374 g/mol. The van der Waals surface area contributed by atoms with Crippen molar-refractivity contribution in [3.8, 4) is 0 Å².